The summed E-state index contributed by atoms with van der Waals surface area (Å²) in [5, 5.41) is 15.1. The van der Waals surface area contributed by atoms with Gasteiger partial charge in [-0.3, -0.25) is 5.32 Å². The van der Waals surface area contributed by atoms with E-state index in [0.717, 1.165) is 11.6 Å². The topological polar surface area (TPSA) is 45.1 Å². The lowest BCUT2D eigenvalue weighted by atomic mass is 10.4. The molecule has 0 saturated heterocycles. The first-order valence-corrected chi connectivity index (χ1v) is 4.50. The second kappa shape index (κ2) is 4.43. The third-order valence-electron chi connectivity index (χ3n) is 1.29. The molecule has 11 heavy (non-hydrogen) atoms. The van der Waals surface area contributed by atoms with E-state index in [1.807, 2.05) is 12.3 Å². The monoisotopic (exact) mass is 172 g/mol. The van der Waals surface area contributed by atoms with Crippen molar-refractivity contribution in [1.29, 1.82) is 0 Å². The average molecular weight is 172 g/mol. The van der Waals surface area contributed by atoms with Gasteiger partial charge < -0.3 is 5.11 Å². The minimum atomic E-state index is -0.453. The molecule has 0 amide bonds. The van der Waals surface area contributed by atoms with Crippen LogP contribution < -0.4 is 5.32 Å². The number of aromatic nitrogens is 1. The van der Waals surface area contributed by atoms with Crippen LogP contribution in [0.4, 0.5) is 0 Å². The summed E-state index contributed by atoms with van der Waals surface area (Å²) in [7, 11) is 0. The third kappa shape index (κ3) is 2.96. The van der Waals surface area contributed by atoms with E-state index in [1.54, 1.807) is 17.5 Å². The number of nitrogens with zero attached hydrogens (tertiary/aromatic N) is 1. The molecule has 1 heterocycles. The van der Waals surface area contributed by atoms with E-state index < -0.39 is 6.23 Å². The number of hydrogen-bond donors (Lipinski definition) is 2. The van der Waals surface area contributed by atoms with Crippen LogP contribution in [-0.4, -0.2) is 22.9 Å². The Bertz CT molecular complexity index is 188. The van der Waals surface area contributed by atoms with Gasteiger partial charge in [0.2, 0.25) is 0 Å². The maximum Gasteiger partial charge on any atom is 0.111 e. The van der Waals surface area contributed by atoms with Crippen molar-refractivity contribution in [3.05, 3.63) is 16.6 Å². The summed E-state index contributed by atoms with van der Waals surface area (Å²) in [4.78, 5) is 4.06. The van der Waals surface area contributed by atoms with Crippen molar-refractivity contribution in [3.63, 3.8) is 0 Å². The van der Waals surface area contributed by atoms with Gasteiger partial charge >= 0.3 is 0 Å². The zero-order valence-electron chi connectivity index (χ0n) is 6.45. The fraction of sp³-hybridized carbons (Fsp3) is 0.571. The van der Waals surface area contributed by atoms with Gasteiger partial charge in [0.05, 0.1) is 5.01 Å². The molecule has 0 radical (unpaired) electrons. The summed E-state index contributed by atoms with van der Waals surface area (Å²) < 4.78 is 0. The molecular weight excluding hydrogens is 160 g/mol. The molecule has 0 spiro atoms. The molecular formula is C7H12N2OS. The maximum atomic E-state index is 9.28. The molecule has 0 fully saturated rings. The predicted octanol–water partition coefficient (Wildman–Crippen LogP) is 0.613. The molecule has 1 rings (SSSR count). The molecule has 0 bridgehead atoms. The molecule has 0 aliphatic rings. The van der Waals surface area contributed by atoms with Crippen LogP contribution in [0.25, 0.3) is 0 Å². The summed E-state index contributed by atoms with van der Waals surface area (Å²) in [5.41, 5.74) is 0. The van der Waals surface area contributed by atoms with Gasteiger partial charge in [-0.1, -0.05) is 6.92 Å². The highest BCUT2D eigenvalue weighted by Crippen LogP contribution is 2.05. The lowest BCUT2D eigenvalue weighted by Crippen LogP contribution is -2.30. The number of nitrogens with one attached hydrogen (secondary N) is 1. The smallest absolute Gasteiger partial charge is 0.111 e. The van der Waals surface area contributed by atoms with Gasteiger partial charge in [0, 0.05) is 18.0 Å². The first-order valence-electron chi connectivity index (χ1n) is 3.62. The lowest BCUT2D eigenvalue weighted by molar-refractivity contribution is 0.140. The van der Waals surface area contributed by atoms with E-state index in [4.69, 9.17) is 0 Å². The van der Waals surface area contributed by atoms with Gasteiger partial charge in [0.15, 0.2) is 0 Å². The maximum absolute atomic E-state index is 9.28. The Morgan fingerprint density at radius 2 is 2.64 bits per heavy atom. The van der Waals surface area contributed by atoms with Crippen molar-refractivity contribution in [3.8, 4) is 0 Å². The van der Waals surface area contributed by atoms with Crippen LogP contribution >= 0.6 is 11.3 Å². The fourth-order valence-corrected chi connectivity index (χ4v) is 1.48. The normalized spacial score (nSPS) is 13.3. The molecule has 1 unspecified atom stereocenters. The van der Waals surface area contributed by atoms with Gasteiger partial charge in [-0.25, -0.2) is 4.98 Å². The molecule has 2 N–H and O–H groups in total. The first-order chi connectivity index (χ1) is 5.33. The molecule has 3 nitrogen and oxygen atoms in total. The Morgan fingerprint density at radius 3 is 3.18 bits per heavy atom. The molecule has 1 atom stereocenters. The summed E-state index contributed by atoms with van der Waals surface area (Å²) >= 11 is 1.57. The highest BCUT2D eigenvalue weighted by molar-refractivity contribution is 7.09. The number of aliphatic hydroxyl groups excluding tert-OH is 1. The van der Waals surface area contributed by atoms with E-state index in [-0.39, 0.29) is 0 Å². The van der Waals surface area contributed by atoms with Crippen LogP contribution in [0.2, 0.25) is 0 Å². The van der Waals surface area contributed by atoms with Gasteiger partial charge in [0.1, 0.15) is 6.23 Å². The third-order valence-corrected chi connectivity index (χ3v) is 2.09. The van der Waals surface area contributed by atoms with E-state index in [1.165, 1.54) is 0 Å². The summed E-state index contributed by atoms with van der Waals surface area (Å²) in [6, 6.07) is 0. The van der Waals surface area contributed by atoms with Crippen molar-refractivity contribution in [2.24, 2.45) is 0 Å². The highest BCUT2D eigenvalue weighted by Gasteiger charge is 2.03. The summed E-state index contributed by atoms with van der Waals surface area (Å²) in [6.07, 6.45) is 1.90. The van der Waals surface area contributed by atoms with Crippen LogP contribution in [-0.2, 0) is 6.42 Å². The standard InChI is InChI=1S/C7H12N2OS/c1-2-8-6(10)5-7-9-3-4-11-7/h3-4,6,8,10H,2,5H2,1H3. The Hall–Kier alpha value is -0.450. The van der Waals surface area contributed by atoms with Crippen LogP contribution in [0.15, 0.2) is 11.6 Å². The number of rotatable bonds is 4. The van der Waals surface area contributed by atoms with Crippen molar-refractivity contribution in [1.82, 2.24) is 10.3 Å². The quantitative estimate of drug-likeness (QED) is 0.654. The zero-order chi connectivity index (χ0) is 8.10. The van der Waals surface area contributed by atoms with E-state index >= 15 is 0 Å². The lowest BCUT2D eigenvalue weighted by Gasteiger charge is -2.07. The molecule has 0 saturated carbocycles. The fourth-order valence-electron chi connectivity index (χ4n) is 0.827. The number of thiazole rings is 1. The number of aliphatic hydroxyl groups is 1. The van der Waals surface area contributed by atoms with Crippen LogP contribution in [0.5, 0.6) is 0 Å². The molecule has 0 aliphatic heterocycles. The average Bonchev–Trinajstić information content (AvgIpc) is 2.40. The van der Waals surface area contributed by atoms with Crippen LogP contribution in [0, 0.1) is 0 Å². The Balaban J connectivity index is 2.31. The number of hydrogen-bond acceptors (Lipinski definition) is 4. The minimum absolute atomic E-state index is 0.453. The number of likely N-dealkylation sites (N-methyl/N-ethyl adjacent to an activating group) is 1. The van der Waals surface area contributed by atoms with Gasteiger partial charge in [-0.2, -0.15) is 0 Å². The van der Waals surface area contributed by atoms with Crippen LogP contribution in [0.1, 0.15) is 11.9 Å². The van der Waals surface area contributed by atoms with E-state index in [0.29, 0.717) is 6.42 Å². The largest absolute Gasteiger partial charge is 0.378 e. The molecule has 62 valence electrons. The highest BCUT2D eigenvalue weighted by atomic mass is 32.1. The summed E-state index contributed by atoms with van der Waals surface area (Å²) in [6.45, 7) is 2.75. The Morgan fingerprint density at radius 1 is 1.82 bits per heavy atom. The Labute approximate surface area is 70.1 Å². The van der Waals surface area contributed by atoms with E-state index in [2.05, 4.69) is 10.3 Å². The first kappa shape index (κ1) is 8.64. The van der Waals surface area contributed by atoms with E-state index in [9.17, 15) is 5.11 Å². The molecule has 0 aromatic carbocycles. The molecule has 1 aromatic heterocycles. The predicted molar refractivity (Wildman–Crippen MR) is 45.5 cm³/mol. The second-order valence-corrected chi connectivity index (χ2v) is 3.18. The van der Waals surface area contributed by atoms with Crippen molar-refractivity contribution in [2.45, 2.75) is 19.6 Å². The van der Waals surface area contributed by atoms with Crippen LogP contribution in [0.3, 0.4) is 0 Å². The van der Waals surface area contributed by atoms with Gasteiger partial charge in [0.25, 0.3) is 0 Å². The molecule has 0 aliphatic carbocycles. The molecule has 4 heteroatoms. The zero-order valence-corrected chi connectivity index (χ0v) is 7.27. The SMILES string of the molecule is CCNC(O)Cc1nccs1. The van der Waals surface area contributed by atoms with Crippen molar-refractivity contribution >= 4 is 11.3 Å². The Kier molecular flexibility index (Phi) is 3.48. The van der Waals surface area contributed by atoms with Gasteiger partial charge in [-0.05, 0) is 6.54 Å². The summed E-state index contributed by atoms with van der Waals surface area (Å²) in [5.74, 6) is 0. The van der Waals surface area contributed by atoms with Crippen molar-refractivity contribution in [2.75, 3.05) is 6.54 Å². The van der Waals surface area contributed by atoms with Gasteiger partial charge in [-0.15, -0.1) is 11.3 Å². The minimum Gasteiger partial charge on any atom is -0.378 e. The molecule has 1 aromatic rings. The van der Waals surface area contributed by atoms with Crippen molar-refractivity contribution < 1.29 is 5.11 Å². The second-order valence-electron chi connectivity index (χ2n) is 2.20.